The molecule has 0 spiro atoms. The van der Waals surface area contributed by atoms with Crippen LogP contribution in [-0.4, -0.2) is 16.1 Å². The summed E-state index contributed by atoms with van der Waals surface area (Å²) in [7, 11) is 0. The zero-order chi connectivity index (χ0) is 10.3. The lowest BCUT2D eigenvalue weighted by atomic mass is 10.2. The first kappa shape index (κ1) is 9.23. The average molecular weight is 230 g/mol. The maximum atomic E-state index is 11.3. The fourth-order valence-corrected chi connectivity index (χ4v) is 2.36. The van der Waals surface area contributed by atoms with Crippen LogP contribution < -0.4 is 5.56 Å². The van der Waals surface area contributed by atoms with Crippen molar-refractivity contribution in [1.82, 2.24) is 4.98 Å². The summed E-state index contributed by atoms with van der Waals surface area (Å²) in [6.07, 6.45) is 0. The van der Waals surface area contributed by atoms with Crippen LogP contribution in [-0.2, 0) is 0 Å². The number of fused-ring (bicyclic) bond motifs is 1. The number of hydrogen-bond donors (Lipinski definition) is 2. The van der Waals surface area contributed by atoms with Crippen LogP contribution in [0.4, 0.5) is 0 Å². The zero-order valence-electron chi connectivity index (χ0n) is 6.70. The molecule has 0 saturated heterocycles. The van der Waals surface area contributed by atoms with Crippen molar-refractivity contribution in [2.24, 2.45) is 0 Å². The van der Waals surface area contributed by atoms with E-state index in [1.165, 1.54) is 11.3 Å². The van der Waals surface area contributed by atoms with Gasteiger partial charge in [-0.1, -0.05) is 11.6 Å². The Labute approximate surface area is 86.8 Å². The Hall–Kier alpha value is -1.33. The molecule has 0 radical (unpaired) electrons. The Morgan fingerprint density at radius 1 is 1.57 bits per heavy atom. The number of thiophene rings is 1. The quantitative estimate of drug-likeness (QED) is 0.785. The van der Waals surface area contributed by atoms with Gasteiger partial charge in [0.15, 0.2) is 0 Å². The Balaban J connectivity index is 2.96. The predicted octanol–water partition coefficient (Wildman–Crippen LogP) is 1.94. The molecule has 0 aliphatic carbocycles. The number of aromatic nitrogens is 1. The summed E-state index contributed by atoms with van der Waals surface area (Å²) in [5.41, 5.74) is -0.509. The Bertz CT molecular complexity index is 571. The Kier molecular flexibility index (Phi) is 2.05. The van der Waals surface area contributed by atoms with Crippen LogP contribution in [0.25, 0.3) is 10.2 Å². The number of rotatable bonds is 1. The number of carboxylic acids is 1. The fourth-order valence-electron chi connectivity index (χ4n) is 1.17. The van der Waals surface area contributed by atoms with Crippen molar-refractivity contribution in [2.75, 3.05) is 0 Å². The van der Waals surface area contributed by atoms with Gasteiger partial charge >= 0.3 is 5.97 Å². The minimum absolute atomic E-state index is 0.00579. The van der Waals surface area contributed by atoms with E-state index < -0.39 is 17.1 Å². The number of H-pyrrole nitrogens is 1. The molecule has 0 bridgehead atoms. The van der Waals surface area contributed by atoms with Crippen LogP contribution in [0, 0.1) is 0 Å². The molecule has 4 nitrogen and oxygen atoms in total. The van der Waals surface area contributed by atoms with Crippen molar-refractivity contribution in [3.05, 3.63) is 32.4 Å². The molecule has 0 aromatic carbocycles. The topological polar surface area (TPSA) is 70.2 Å². The molecule has 2 rings (SSSR count). The van der Waals surface area contributed by atoms with Gasteiger partial charge in [0.25, 0.3) is 5.56 Å². The summed E-state index contributed by atoms with van der Waals surface area (Å²) < 4.78 is 0.587. The van der Waals surface area contributed by atoms with Crippen LogP contribution in [0.5, 0.6) is 0 Å². The normalized spacial score (nSPS) is 10.6. The summed E-state index contributed by atoms with van der Waals surface area (Å²) in [5.74, 6) is -1.31. The summed E-state index contributed by atoms with van der Waals surface area (Å²) in [6.45, 7) is 0. The number of aromatic carboxylic acids is 1. The van der Waals surface area contributed by atoms with Gasteiger partial charge in [-0.05, 0) is 11.4 Å². The number of aromatic amines is 1. The van der Waals surface area contributed by atoms with E-state index in [4.69, 9.17) is 16.7 Å². The van der Waals surface area contributed by atoms with Gasteiger partial charge in [0, 0.05) is 0 Å². The SMILES string of the molecule is O=C(O)c1c(Cl)c2sccc2[nH]c1=O. The van der Waals surface area contributed by atoms with E-state index in [1.807, 2.05) is 0 Å². The van der Waals surface area contributed by atoms with Crippen molar-refractivity contribution >= 4 is 39.1 Å². The number of pyridine rings is 1. The van der Waals surface area contributed by atoms with Gasteiger partial charge in [-0.15, -0.1) is 11.3 Å². The van der Waals surface area contributed by atoms with Gasteiger partial charge in [0.05, 0.1) is 15.2 Å². The lowest BCUT2D eigenvalue weighted by Crippen LogP contribution is -2.17. The van der Waals surface area contributed by atoms with Gasteiger partial charge in [0.1, 0.15) is 5.56 Å². The van der Waals surface area contributed by atoms with Gasteiger partial charge in [0.2, 0.25) is 0 Å². The highest BCUT2D eigenvalue weighted by Crippen LogP contribution is 2.27. The van der Waals surface area contributed by atoms with E-state index in [0.29, 0.717) is 10.2 Å². The van der Waals surface area contributed by atoms with Gasteiger partial charge < -0.3 is 10.1 Å². The van der Waals surface area contributed by atoms with Crippen LogP contribution >= 0.6 is 22.9 Å². The van der Waals surface area contributed by atoms with E-state index in [0.717, 1.165) is 0 Å². The first-order valence-corrected chi connectivity index (χ1v) is 4.89. The molecule has 72 valence electrons. The molecule has 2 heterocycles. The van der Waals surface area contributed by atoms with Gasteiger partial charge in [-0.25, -0.2) is 4.79 Å². The summed E-state index contributed by atoms with van der Waals surface area (Å²) >= 11 is 7.08. The van der Waals surface area contributed by atoms with Crippen LogP contribution in [0.3, 0.4) is 0 Å². The molecule has 2 aromatic rings. The maximum absolute atomic E-state index is 11.3. The largest absolute Gasteiger partial charge is 0.477 e. The molecule has 0 saturated carbocycles. The summed E-state index contributed by atoms with van der Waals surface area (Å²) in [5, 5.41) is 10.5. The number of carboxylic acid groups (broad SMARTS) is 1. The third-order valence-electron chi connectivity index (χ3n) is 1.77. The third-order valence-corrected chi connectivity index (χ3v) is 3.20. The van der Waals surface area contributed by atoms with E-state index >= 15 is 0 Å². The Morgan fingerprint density at radius 3 is 2.93 bits per heavy atom. The molecule has 2 N–H and O–H groups in total. The predicted molar refractivity (Wildman–Crippen MR) is 54.4 cm³/mol. The third kappa shape index (κ3) is 1.21. The molecular formula is C8H4ClNO3S. The minimum atomic E-state index is -1.31. The number of hydrogen-bond acceptors (Lipinski definition) is 3. The highest BCUT2D eigenvalue weighted by molar-refractivity contribution is 7.17. The second-order valence-corrected chi connectivity index (χ2v) is 3.91. The molecule has 0 atom stereocenters. The molecule has 14 heavy (non-hydrogen) atoms. The first-order valence-electron chi connectivity index (χ1n) is 3.63. The number of nitrogens with one attached hydrogen (secondary N) is 1. The monoisotopic (exact) mass is 229 g/mol. The van der Waals surface area contributed by atoms with Crippen molar-refractivity contribution in [2.45, 2.75) is 0 Å². The highest BCUT2D eigenvalue weighted by Gasteiger charge is 2.17. The number of carbonyl (C=O) groups is 1. The minimum Gasteiger partial charge on any atom is -0.477 e. The first-order chi connectivity index (χ1) is 6.61. The summed E-state index contributed by atoms with van der Waals surface area (Å²) in [4.78, 5) is 24.4. The van der Waals surface area contributed by atoms with E-state index in [2.05, 4.69) is 4.98 Å². The number of halogens is 1. The van der Waals surface area contributed by atoms with Crippen molar-refractivity contribution in [3.63, 3.8) is 0 Å². The van der Waals surface area contributed by atoms with E-state index in [9.17, 15) is 9.59 Å². The molecule has 0 aliphatic heterocycles. The van der Waals surface area contributed by atoms with Crippen LogP contribution in [0.2, 0.25) is 5.02 Å². The lowest BCUT2D eigenvalue weighted by Gasteiger charge is -1.98. The zero-order valence-corrected chi connectivity index (χ0v) is 8.28. The van der Waals surface area contributed by atoms with Crippen LogP contribution in [0.15, 0.2) is 16.2 Å². The van der Waals surface area contributed by atoms with Crippen molar-refractivity contribution in [1.29, 1.82) is 0 Å². The second kappa shape index (κ2) is 3.11. The lowest BCUT2D eigenvalue weighted by molar-refractivity contribution is 0.0695. The summed E-state index contributed by atoms with van der Waals surface area (Å²) in [6, 6.07) is 1.68. The van der Waals surface area contributed by atoms with Crippen molar-refractivity contribution < 1.29 is 9.90 Å². The van der Waals surface area contributed by atoms with E-state index in [-0.39, 0.29) is 5.02 Å². The van der Waals surface area contributed by atoms with E-state index in [1.54, 1.807) is 11.4 Å². The Morgan fingerprint density at radius 2 is 2.29 bits per heavy atom. The molecule has 2 aromatic heterocycles. The highest BCUT2D eigenvalue weighted by atomic mass is 35.5. The molecule has 0 unspecified atom stereocenters. The second-order valence-electron chi connectivity index (χ2n) is 2.61. The molecule has 0 aliphatic rings. The molecule has 6 heteroatoms. The molecular weight excluding hydrogens is 226 g/mol. The van der Waals surface area contributed by atoms with Gasteiger partial charge in [-0.2, -0.15) is 0 Å². The van der Waals surface area contributed by atoms with Crippen LogP contribution in [0.1, 0.15) is 10.4 Å². The standard InChI is InChI=1S/C8H4ClNO3S/c9-5-4(8(12)13)7(11)10-3-1-2-14-6(3)5/h1-2H,(H,10,11)(H,12,13). The van der Waals surface area contributed by atoms with Gasteiger partial charge in [-0.3, -0.25) is 4.79 Å². The fraction of sp³-hybridized carbons (Fsp3) is 0. The molecule has 0 fully saturated rings. The maximum Gasteiger partial charge on any atom is 0.342 e. The average Bonchev–Trinajstić information content (AvgIpc) is 2.50. The molecule has 0 amide bonds. The smallest absolute Gasteiger partial charge is 0.342 e. The van der Waals surface area contributed by atoms with Crippen molar-refractivity contribution in [3.8, 4) is 0 Å².